The third-order valence-electron chi connectivity index (χ3n) is 2.69. The van der Waals surface area contributed by atoms with E-state index in [1.54, 1.807) is 4.90 Å². The molecule has 3 N–H and O–H groups in total. The highest BCUT2D eigenvalue weighted by Gasteiger charge is 2.33. The molecule has 0 saturated heterocycles. The lowest BCUT2D eigenvalue weighted by atomic mass is 10.2. The number of nitrogen functional groups attached to an aromatic ring is 1. The first kappa shape index (κ1) is 15.6. The molecule has 0 saturated carbocycles. The van der Waals surface area contributed by atoms with E-state index in [2.05, 4.69) is 4.98 Å². The average Bonchev–Trinajstić information content (AvgIpc) is 2.29. The number of alkyl halides is 3. The number of rotatable bonds is 5. The Labute approximate surface area is 110 Å². The zero-order valence-corrected chi connectivity index (χ0v) is 10.9. The first-order valence-electron chi connectivity index (χ1n) is 5.97. The number of nitrogens with two attached hydrogens (primary N) is 1. The molecule has 0 bridgehead atoms. The Morgan fingerprint density at radius 1 is 1.42 bits per heavy atom. The Morgan fingerprint density at radius 3 is 2.53 bits per heavy atom. The second-order valence-corrected chi connectivity index (χ2v) is 4.49. The Morgan fingerprint density at radius 2 is 2.05 bits per heavy atom. The summed E-state index contributed by atoms with van der Waals surface area (Å²) in [5, 5.41) is 8.85. The Kier molecular flexibility index (Phi) is 4.99. The Hall–Kier alpha value is -1.50. The normalized spacial score (nSPS) is 11.9. The number of aromatic nitrogens is 1. The molecule has 0 aliphatic heterocycles. The third-order valence-corrected chi connectivity index (χ3v) is 2.69. The van der Waals surface area contributed by atoms with Crippen molar-refractivity contribution in [3.63, 3.8) is 0 Å². The maximum absolute atomic E-state index is 12.7. The maximum Gasteiger partial charge on any atom is 0.433 e. The van der Waals surface area contributed by atoms with Gasteiger partial charge in [-0.1, -0.05) is 0 Å². The highest BCUT2D eigenvalue weighted by molar-refractivity contribution is 5.67. The number of pyridine rings is 1. The van der Waals surface area contributed by atoms with Crippen LogP contribution in [0.25, 0.3) is 0 Å². The fourth-order valence-electron chi connectivity index (χ4n) is 1.76. The lowest BCUT2D eigenvalue weighted by molar-refractivity contribution is -0.141. The van der Waals surface area contributed by atoms with Gasteiger partial charge in [-0.25, -0.2) is 4.98 Å². The number of nitrogens with zero attached hydrogens (tertiary/aromatic N) is 2. The summed E-state index contributed by atoms with van der Waals surface area (Å²) in [6.45, 7) is 4.11. The van der Waals surface area contributed by atoms with Gasteiger partial charge in [-0.2, -0.15) is 13.2 Å². The molecule has 4 nitrogen and oxygen atoms in total. The van der Waals surface area contributed by atoms with Gasteiger partial charge in [0.15, 0.2) is 0 Å². The SMILES string of the molecule is CC(C)N(CCCO)c1cc(C(F)(F)F)ncc1N. The summed E-state index contributed by atoms with van der Waals surface area (Å²) in [6.07, 6.45) is -3.02. The van der Waals surface area contributed by atoms with Crippen LogP contribution in [0.15, 0.2) is 12.3 Å². The van der Waals surface area contributed by atoms with Gasteiger partial charge in [0.05, 0.1) is 17.6 Å². The summed E-state index contributed by atoms with van der Waals surface area (Å²) in [5.74, 6) is 0. The van der Waals surface area contributed by atoms with Gasteiger partial charge in [0.2, 0.25) is 0 Å². The molecule has 1 aromatic heterocycles. The monoisotopic (exact) mass is 277 g/mol. The topological polar surface area (TPSA) is 62.4 Å². The summed E-state index contributed by atoms with van der Waals surface area (Å²) in [7, 11) is 0. The van der Waals surface area contributed by atoms with Gasteiger partial charge >= 0.3 is 6.18 Å². The van der Waals surface area contributed by atoms with E-state index in [4.69, 9.17) is 10.8 Å². The summed E-state index contributed by atoms with van der Waals surface area (Å²) >= 11 is 0. The van der Waals surface area contributed by atoms with E-state index in [1.165, 1.54) is 0 Å². The first-order valence-corrected chi connectivity index (χ1v) is 5.97. The number of hydrogen-bond donors (Lipinski definition) is 2. The molecule has 0 spiro atoms. The molecule has 0 aliphatic rings. The van der Waals surface area contributed by atoms with Crippen LogP contribution in [0.5, 0.6) is 0 Å². The van der Waals surface area contributed by atoms with Crippen molar-refractivity contribution in [1.29, 1.82) is 0 Å². The largest absolute Gasteiger partial charge is 0.433 e. The van der Waals surface area contributed by atoms with Crippen molar-refractivity contribution >= 4 is 11.4 Å². The Balaban J connectivity index is 3.14. The number of anilines is 2. The van der Waals surface area contributed by atoms with E-state index in [0.717, 1.165) is 12.3 Å². The van der Waals surface area contributed by atoms with Crippen LogP contribution in [0.3, 0.4) is 0 Å². The molecule has 0 aliphatic carbocycles. The zero-order chi connectivity index (χ0) is 14.6. The van der Waals surface area contributed by atoms with Crippen molar-refractivity contribution in [3.05, 3.63) is 18.0 Å². The molecule has 1 rings (SSSR count). The van der Waals surface area contributed by atoms with Crippen LogP contribution in [-0.2, 0) is 6.18 Å². The van der Waals surface area contributed by atoms with Gasteiger partial charge in [0.1, 0.15) is 5.69 Å². The van der Waals surface area contributed by atoms with Crippen LogP contribution in [-0.4, -0.2) is 29.3 Å². The molecule has 1 aromatic rings. The number of halogens is 3. The van der Waals surface area contributed by atoms with Crippen LogP contribution in [0.2, 0.25) is 0 Å². The highest BCUT2D eigenvalue weighted by atomic mass is 19.4. The van der Waals surface area contributed by atoms with Gasteiger partial charge in [-0.3, -0.25) is 0 Å². The van der Waals surface area contributed by atoms with E-state index in [1.807, 2.05) is 13.8 Å². The van der Waals surface area contributed by atoms with E-state index >= 15 is 0 Å². The summed E-state index contributed by atoms with van der Waals surface area (Å²) < 4.78 is 38.0. The van der Waals surface area contributed by atoms with Crippen LogP contribution < -0.4 is 10.6 Å². The number of hydrogen-bond acceptors (Lipinski definition) is 4. The zero-order valence-electron chi connectivity index (χ0n) is 10.9. The third kappa shape index (κ3) is 3.99. The van der Waals surface area contributed by atoms with Crippen LogP contribution in [0.1, 0.15) is 26.0 Å². The number of aliphatic hydroxyl groups is 1. The van der Waals surface area contributed by atoms with Gasteiger partial charge in [-0.05, 0) is 26.3 Å². The predicted molar refractivity (Wildman–Crippen MR) is 67.8 cm³/mol. The molecule has 7 heteroatoms. The van der Waals surface area contributed by atoms with E-state index in [0.29, 0.717) is 18.7 Å². The quantitative estimate of drug-likeness (QED) is 0.866. The molecule has 19 heavy (non-hydrogen) atoms. The summed E-state index contributed by atoms with van der Waals surface area (Å²) in [5.41, 5.74) is 5.23. The van der Waals surface area contributed by atoms with Crippen molar-refractivity contribution in [3.8, 4) is 0 Å². The first-order chi connectivity index (χ1) is 8.77. The second kappa shape index (κ2) is 6.10. The van der Waals surface area contributed by atoms with Crippen LogP contribution >= 0.6 is 0 Å². The molecule has 108 valence electrons. The smallest absolute Gasteiger partial charge is 0.396 e. The fourth-order valence-corrected chi connectivity index (χ4v) is 1.76. The van der Waals surface area contributed by atoms with Crippen LogP contribution in [0, 0.1) is 0 Å². The van der Waals surface area contributed by atoms with Crippen LogP contribution in [0.4, 0.5) is 24.5 Å². The standard InChI is InChI=1S/C12H18F3N3O/c1-8(2)18(4-3-5-19)10-6-11(12(13,14)15)17-7-9(10)16/h6-8,19H,3-5,16H2,1-2H3. The lowest BCUT2D eigenvalue weighted by Gasteiger charge is -2.30. The second-order valence-electron chi connectivity index (χ2n) is 4.49. The summed E-state index contributed by atoms with van der Waals surface area (Å²) in [6, 6.07) is 0.921. The van der Waals surface area contributed by atoms with Crippen molar-refractivity contribution in [1.82, 2.24) is 4.98 Å². The molecule has 1 heterocycles. The predicted octanol–water partition coefficient (Wildman–Crippen LogP) is 2.28. The van der Waals surface area contributed by atoms with Gasteiger partial charge in [0, 0.05) is 19.2 Å². The molecule has 0 aromatic carbocycles. The van der Waals surface area contributed by atoms with Gasteiger partial charge < -0.3 is 15.7 Å². The molecule has 0 unspecified atom stereocenters. The highest BCUT2D eigenvalue weighted by Crippen LogP contribution is 2.33. The Bertz CT molecular complexity index is 421. The minimum Gasteiger partial charge on any atom is -0.396 e. The van der Waals surface area contributed by atoms with E-state index in [-0.39, 0.29) is 18.3 Å². The molecule has 0 fully saturated rings. The fraction of sp³-hybridized carbons (Fsp3) is 0.583. The van der Waals surface area contributed by atoms with Gasteiger partial charge in [-0.15, -0.1) is 0 Å². The molecule has 0 amide bonds. The molecule has 0 radical (unpaired) electrons. The van der Waals surface area contributed by atoms with Crippen molar-refractivity contribution in [2.75, 3.05) is 23.8 Å². The van der Waals surface area contributed by atoms with Crippen molar-refractivity contribution < 1.29 is 18.3 Å². The molecular weight excluding hydrogens is 259 g/mol. The van der Waals surface area contributed by atoms with E-state index in [9.17, 15) is 13.2 Å². The van der Waals surface area contributed by atoms with Crippen molar-refractivity contribution in [2.24, 2.45) is 0 Å². The van der Waals surface area contributed by atoms with Gasteiger partial charge in [0.25, 0.3) is 0 Å². The maximum atomic E-state index is 12.7. The average molecular weight is 277 g/mol. The molecular formula is C12H18F3N3O. The minimum atomic E-state index is -4.50. The minimum absolute atomic E-state index is 0.0274. The summed E-state index contributed by atoms with van der Waals surface area (Å²) in [4.78, 5) is 5.03. The molecule has 0 atom stereocenters. The van der Waals surface area contributed by atoms with Crippen molar-refractivity contribution in [2.45, 2.75) is 32.5 Å². The number of aliphatic hydroxyl groups excluding tert-OH is 1. The van der Waals surface area contributed by atoms with E-state index < -0.39 is 11.9 Å². The lowest BCUT2D eigenvalue weighted by Crippen LogP contribution is -2.33.